The van der Waals surface area contributed by atoms with E-state index in [1.165, 1.54) is 10.5 Å². The SMILES string of the molecule is CC(C)C(C(=O)O)N(C)C(=O)c1ccc(-c2ccc(-c3c(Cc4ccccc4)oc4ccccc34)cc2)cc1. The Morgan fingerprint density at radius 3 is 1.95 bits per heavy atom. The molecule has 0 spiro atoms. The molecule has 0 aliphatic heterocycles. The van der Waals surface area contributed by atoms with E-state index in [0.29, 0.717) is 12.0 Å². The van der Waals surface area contributed by atoms with E-state index in [0.717, 1.165) is 39.0 Å². The van der Waals surface area contributed by atoms with Gasteiger partial charge in [0.15, 0.2) is 0 Å². The van der Waals surface area contributed by atoms with Gasteiger partial charge in [0.1, 0.15) is 17.4 Å². The third-order valence-electron chi connectivity index (χ3n) is 7.14. The van der Waals surface area contributed by atoms with E-state index < -0.39 is 12.0 Å². The molecule has 1 heterocycles. The second kappa shape index (κ2) is 11.0. The summed E-state index contributed by atoms with van der Waals surface area (Å²) in [6.07, 6.45) is 0.704. The summed E-state index contributed by atoms with van der Waals surface area (Å²) in [6.45, 7) is 3.60. The summed E-state index contributed by atoms with van der Waals surface area (Å²) in [4.78, 5) is 25.9. The molecule has 39 heavy (non-hydrogen) atoms. The Morgan fingerprint density at radius 2 is 1.33 bits per heavy atom. The lowest BCUT2D eigenvalue weighted by Crippen LogP contribution is -2.45. The van der Waals surface area contributed by atoms with Crippen molar-refractivity contribution in [1.29, 1.82) is 0 Å². The van der Waals surface area contributed by atoms with Crippen LogP contribution in [0.2, 0.25) is 0 Å². The highest BCUT2D eigenvalue weighted by Crippen LogP contribution is 2.37. The molecule has 1 unspecified atom stereocenters. The number of amides is 1. The molecule has 1 atom stereocenters. The van der Waals surface area contributed by atoms with Crippen LogP contribution >= 0.6 is 0 Å². The maximum Gasteiger partial charge on any atom is 0.326 e. The number of para-hydroxylation sites is 1. The first kappa shape index (κ1) is 26.0. The van der Waals surface area contributed by atoms with Gasteiger partial charge in [-0.05, 0) is 46.4 Å². The molecule has 0 radical (unpaired) electrons. The molecule has 0 bridgehead atoms. The lowest BCUT2D eigenvalue weighted by atomic mass is 9.96. The number of carboxylic acids is 1. The van der Waals surface area contributed by atoms with Gasteiger partial charge in [-0.1, -0.05) is 98.8 Å². The number of carbonyl (C=O) groups excluding carboxylic acids is 1. The number of hydrogen-bond donors (Lipinski definition) is 1. The number of hydrogen-bond acceptors (Lipinski definition) is 3. The van der Waals surface area contributed by atoms with Crippen molar-refractivity contribution in [2.24, 2.45) is 5.92 Å². The molecule has 0 saturated heterocycles. The zero-order valence-electron chi connectivity index (χ0n) is 22.3. The quantitative estimate of drug-likeness (QED) is 0.231. The molecule has 4 aromatic carbocycles. The maximum atomic E-state index is 12.9. The van der Waals surface area contributed by atoms with Crippen molar-refractivity contribution < 1.29 is 19.1 Å². The Bertz CT molecular complexity index is 1600. The molecule has 0 aliphatic rings. The smallest absolute Gasteiger partial charge is 0.326 e. The molecular formula is C34H31NO4. The van der Waals surface area contributed by atoms with Crippen molar-refractivity contribution in [2.75, 3.05) is 7.05 Å². The van der Waals surface area contributed by atoms with Crippen LogP contribution in [0.25, 0.3) is 33.2 Å². The van der Waals surface area contributed by atoms with Crippen molar-refractivity contribution in [3.8, 4) is 22.3 Å². The Hall–Kier alpha value is -4.64. The van der Waals surface area contributed by atoms with Gasteiger partial charge in [0.05, 0.1) is 0 Å². The lowest BCUT2D eigenvalue weighted by Gasteiger charge is -2.27. The van der Waals surface area contributed by atoms with Gasteiger partial charge in [0.2, 0.25) is 0 Å². The fourth-order valence-corrected chi connectivity index (χ4v) is 5.18. The van der Waals surface area contributed by atoms with Gasteiger partial charge in [-0.25, -0.2) is 4.79 Å². The van der Waals surface area contributed by atoms with E-state index in [4.69, 9.17) is 4.42 Å². The number of fused-ring (bicyclic) bond motifs is 1. The van der Waals surface area contributed by atoms with Gasteiger partial charge >= 0.3 is 5.97 Å². The molecule has 5 nitrogen and oxygen atoms in total. The van der Waals surface area contributed by atoms with E-state index >= 15 is 0 Å². The number of aliphatic carboxylic acids is 1. The predicted molar refractivity (Wildman–Crippen MR) is 155 cm³/mol. The topological polar surface area (TPSA) is 70.8 Å². The van der Waals surface area contributed by atoms with Crippen LogP contribution in [-0.4, -0.2) is 35.0 Å². The fraction of sp³-hybridized carbons (Fsp3) is 0.176. The van der Waals surface area contributed by atoms with Crippen molar-refractivity contribution >= 4 is 22.8 Å². The molecule has 1 amide bonds. The Labute approximate surface area is 228 Å². The molecule has 1 N–H and O–H groups in total. The third-order valence-corrected chi connectivity index (χ3v) is 7.14. The molecule has 1 aromatic heterocycles. The summed E-state index contributed by atoms with van der Waals surface area (Å²) in [5.74, 6) is -0.580. The first-order valence-corrected chi connectivity index (χ1v) is 13.1. The average molecular weight is 518 g/mol. The van der Waals surface area contributed by atoms with Gasteiger partial charge in [-0.3, -0.25) is 4.79 Å². The first-order chi connectivity index (χ1) is 18.8. The molecule has 5 aromatic rings. The Kier molecular flexibility index (Phi) is 7.33. The molecule has 196 valence electrons. The second-order valence-corrected chi connectivity index (χ2v) is 10.2. The van der Waals surface area contributed by atoms with Crippen LogP contribution in [0.5, 0.6) is 0 Å². The Balaban J connectivity index is 1.41. The van der Waals surface area contributed by atoms with Gasteiger partial charge < -0.3 is 14.4 Å². The number of furan rings is 1. The summed E-state index contributed by atoms with van der Waals surface area (Å²) >= 11 is 0. The Morgan fingerprint density at radius 1 is 0.769 bits per heavy atom. The first-order valence-electron chi connectivity index (χ1n) is 13.1. The van der Waals surface area contributed by atoms with Crippen molar-refractivity contribution in [1.82, 2.24) is 4.90 Å². The fourth-order valence-electron chi connectivity index (χ4n) is 5.18. The minimum atomic E-state index is -1.00. The molecular weight excluding hydrogens is 486 g/mol. The number of nitrogens with zero attached hydrogens (tertiary/aromatic N) is 1. The van der Waals surface area contributed by atoms with Gasteiger partial charge in [0, 0.05) is 30.0 Å². The van der Waals surface area contributed by atoms with Crippen molar-refractivity contribution in [3.05, 3.63) is 120 Å². The average Bonchev–Trinajstić information content (AvgIpc) is 3.30. The van der Waals surface area contributed by atoms with Crippen LogP contribution in [0, 0.1) is 5.92 Å². The summed E-state index contributed by atoms with van der Waals surface area (Å²) < 4.78 is 6.30. The zero-order valence-corrected chi connectivity index (χ0v) is 22.3. The molecule has 5 heteroatoms. The van der Waals surface area contributed by atoms with E-state index in [1.54, 1.807) is 33.0 Å². The number of carbonyl (C=O) groups is 2. The molecule has 0 aliphatic carbocycles. The van der Waals surface area contributed by atoms with E-state index in [9.17, 15) is 14.7 Å². The van der Waals surface area contributed by atoms with E-state index in [1.807, 2.05) is 48.5 Å². The summed E-state index contributed by atoms with van der Waals surface area (Å²) in [6, 6.07) is 33.2. The van der Waals surface area contributed by atoms with Crippen LogP contribution in [-0.2, 0) is 11.2 Å². The van der Waals surface area contributed by atoms with Crippen LogP contribution in [0.15, 0.2) is 108 Å². The van der Waals surface area contributed by atoms with Crippen LogP contribution in [0.1, 0.15) is 35.5 Å². The van der Waals surface area contributed by atoms with Gasteiger partial charge in [0.25, 0.3) is 5.91 Å². The highest BCUT2D eigenvalue weighted by atomic mass is 16.4. The summed E-state index contributed by atoms with van der Waals surface area (Å²) in [5, 5.41) is 10.6. The van der Waals surface area contributed by atoms with Crippen LogP contribution in [0.3, 0.4) is 0 Å². The minimum Gasteiger partial charge on any atom is -0.480 e. The highest BCUT2D eigenvalue weighted by molar-refractivity contribution is 5.97. The van der Waals surface area contributed by atoms with Crippen molar-refractivity contribution in [3.63, 3.8) is 0 Å². The van der Waals surface area contributed by atoms with Crippen LogP contribution < -0.4 is 0 Å². The number of rotatable bonds is 8. The summed E-state index contributed by atoms with van der Waals surface area (Å²) in [5.41, 5.74) is 6.70. The summed E-state index contributed by atoms with van der Waals surface area (Å²) in [7, 11) is 1.54. The molecule has 0 fully saturated rings. The van der Waals surface area contributed by atoms with E-state index in [2.05, 4.69) is 42.5 Å². The largest absolute Gasteiger partial charge is 0.480 e. The molecule has 0 saturated carbocycles. The van der Waals surface area contributed by atoms with Crippen LogP contribution in [0.4, 0.5) is 0 Å². The maximum absolute atomic E-state index is 12.9. The van der Waals surface area contributed by atoms with E-state index in [-0.39, 0.29) is 11.8 Å². The standard InChI is InChI=1S/C34H31NO4/c1-22(2)32(34(37)38)35(3)33(36)27-19-15-25(16-20-27)24-13-17-26(18-14-24)31-28-11-7-8-12-29(28)39-30(31)21-23-9-5-4-6-10-23/h4-20,22,32H,21H2,1-3H3,(H,37,38). The second-order valence-electron chi connectivity index (χ2n) is 10.2. The highest BCUT2D eigenvalue weighted by Gasteiger charge is 2.30. The van der Waals surface area contributed by atoms with Gasteiger partial charge in [-0.15, -0.1) is 0 Å². The number of carboxylic acid groups (broad SMARTS) is 1. The van der Waals surface area contributed by atoms with Crippen molar-refractivity contribution in [2.45, 2.75) is 26.3 Å². The minimum absolute atomic E-state index is 0.199. The number of benzene rings is 4. The third kappa shape index (κ3) is 5.34. The predicted octanol–water partition coefficient (Wildman–Crippen LogP) is 7.54. The lowest BCUT2D eigenvalue weighted by molar-refractivity contribution is -0.143. The monoisotopic (exact) mass is 517 g/mol. The number of likely N-dealkylation sites (N-methyl/N-ethyl adjacent to an activating group) is 1. The molecule has 5 rings (SSSR count). The van der Waals surface area contributed by atoms with Gasteiger partial charge in [-0.2, -0.15) is 0 Å². The zero-order chi connectivity index (χ0) is 27.5. The normalized spacial score (nSPS) is 12.0.